The van der Waals surface area contributed by atoms with Crippen molar-refractivity contribution in [2.75, 3.05) is 31.1 Å². The highest BCUT2D eigenvalue weighted by atomic mass is 127. The van der Waals surface area contributed by atoms with Gasteiger partial charge in [-0.3, -0.25) is 4.99 Å². The molecule has 1 aliphatic heterocycles. The number of hydrogen-bond acceptors (Lipinski definition) is 3. The van der Waals surface area contributed by atoms with Gasteiger partial charge in [-0.15, -0.1) is 24.0 Å². The van der Waals surface area contributed by atoms with Crippen molar-refractivity contribution < 1.29 is 4.39 Å². The number of nitrogens with one attached hydrogen (secondary N) is 2. The second-order valence-electron chi connectivity index (χ2n) is 8.07. The Morgan fingerprint density at radius 3 is 2.81 bits per heavy atom. The summed E-state index contributed by atoms with van der Waals surface area (Å²) in [6.07, 6.45) is 9.46. The van der Waals surface area contributed by atoms with Crippen LogP contribution in [0.25, 0.3) is 0 Å². The molecule has 27 heavy (non-hydrogen) atoms. The van der Waals surface area contributed by atoms with E-state index in [2.05, 4.69) is 22.5 Å². The van der Waals surface area contributed by atoms with Gasteiger partial charge in [-0.25, -0.2) is 9.37 Å². The monoisotopic (exact) mass is 487 g/mol. The predicted octanol–water partition coefficient (Wildman–Crippen LogP) is 3.55. The van der Waals surface area contributed by atoms with Gasteiger partial charge in [0.25, 0.3) is 0 Å². The number of nitrogens with zero attached hydrogens (tertiary/aromatic N) is 3. The molecular formula is C20H31FIN5. The lowest BCUT2D eigenvalue weighted by Crippen LogP contribution is -2.46. The van der Waals surface area contributed by atoms with Crippen LogP contribution in [0, 0.1) is 17.2 Å². The number of pyridine rings is 1. The summed E-state index contributed by atoms with van der Waals surface area (Å²) in [5, 5.41) is 6.95. The zero-order valence-corrected chi connectivity index (χ0v) is 18.4. The molecule has 0 spiro atoms. The summed E-state index contributed by atoms with van der Waals surface area (Å²) < 4.78 is 14.0. The molecule has 1 aromatic heterocycles. The summed E-state index contributed by atoms with van der Waals surface area (Å²) in [5.41, 5.74) is 0.487. The van der Waals surface area contributed by atoms with Gasteiger partial charge in [-0.2, -0.15) is 0 Å². The average Bonchev–Trinajstić information content (AvgIpc) is 3.34. The van der Waals surface area contributed by atoms with E-state index in [1.807, 2.05) is 4.90 Å². The normalized spacial score (nSPS) is 24.1. The summed E-state index contributed by atoms with van der Waals surface area (Å²) in [6.45, 7) is 5.47. The number of anilines is 1. The van der Waals surface area contributed by atoms with Crippen LogP contribution in [-0.4, -0.2) is 43.2 Å². The molecular weight excluding hydrogens is 456 g/mol. The largest absolute Gasteiger partial charge is 0.357 e. The zero-order chi connectivity index (χ0) is 18.0. The standard InChI is InChI=1S/C20H30FN5.HI/c1-2-22-19(24-14-20(9-4-10-20)15-6-7-15)25-16-8-12-26(13-16)18-17(21)5-3-11-23-18;/h3,5,11,15-16H,2,4,6-10,12-14H2,1H3,(H2,22,24,25);1H. The molecule has 3 aliphatic rings. The van der Waals surface area contributed by atoms with Crippen LogP contribution in [0.2, 0.25) is 0 Å². The van der Waals surface area contributed by atoms with Gasteiger partial charge in [0.15, 0.2) is 17.6 Å². The van der Waals surface area contributed by atoms with Crippen LogP contribution < -0.4 is 15.5 Å². The molecule has 1 saturated heterocycles. The van der Waals surface area contributed by atoms with E-state index in [9.17, 15) is 4.39 Å². The van der Waals surface area contributed by atoms with E-state index in [0.29, 0.717) is 11.2 Å². The minimum absolute atomic E-state index is 0. The maximum atomic E-state index is 14.0. The van der Waals surface area contributed by atoms with Crippen LogP contribution in [0.4, 0.5) is 10.2 Å². The van der Waals surface area contributed by atoms with Crippen molar-refractivity contribution in [3.63, 3.8) is 0 Å². The summed E-state index contributed by atoms with van der Waals surface area (Å²) in [4.78, 5) is 11.2. The molecule has 2 N–H and O–H groups in total. The Morgan fingerprint density at radius 2 is 2.19 bits per heavy atom. The first kappa shape index (κ1) is 20.6. The highest BCUT2D eigenvalue weighted by Crippen LogP contribution is 2.57. The number of hydrogen-bond donors (Lipinski definition) is 2. The fourth-order valence-electron chi connectivity index (χ4n) is 4.45. The Bertz CT molecular complexity index is 660. The van der Waals surface area contributed by atoms with Crippen LogP contribution >= 0.6 is 24.0 Å². The molecule has 2 aliphatic carbocycles. The topological polar surface area (TPSA) is 52.6 Å². The minimum atomic E-state index is -0.245. The third kappa shape index (κ3) is 4.66. The summed E-state index contributed by atoms with van der Waals surface area (Å²) in [5.74, 6) is 2.04. The van der Waals surface area contributed by atoms with Crippen molar-refractivity contribution in [1.29, 1.82) is 0 Å². The van der Waals surface area contributed by atoms with Crippen LogP contribution in [0.1, 0.15) is 45.4 Å². The summed E-state index contributed by atoms with van der Waals surface area (Å²) in [7, 11) is 0. The number of aromatic nitrogens is 1. The maximum absolute atomic E-state index is 14.0. The van der Waals surface area contributed by atoms with E-state index in [-0.39, 0.29) is 35.8 Å². The van der Waals surface area contributed by atoms with Crippen molar-refractivity contribution in [1.82, 2.24) is 15.6 Å². The quantitative estimate of drug-likeness (QED) is 0.366. The van der Waals surface area contributed by atoms with Gasteiger partial charge >= 0.3 is 0 Å². The highest BCUT2D eigenvalue weighted by molar-refractivity contribution is 14.0. The van der Waals surface area contributed by atoms with Crippen LogP contribution in [-0.2, 0) is 0 Å². The number of guanidine groups is 1. The molecule has 0 bridgehead atoms. The Hall–Kier alpha value is -1.12. The molecule has 5 nitrogen and oxygen atoms in total. The zero-order valence-electron chi connectivity index (χ0n) is 16.1. The lowest BCUT2D eigenvalue weighted by atomic mass is 9.65. The molecule has 2 heterocycles. The molecule has 7 heteroatoms. The van der Waals surface area contributed by atoms with E-state index >= 15 is 0 Å². The molecule has 1 aromatic rings. The lowest BCUT2D eigenvalue weighted by molar-refractivity contribution is 0.113. The lowest BCUT2D eigenvalue weighted by Gasteiger charge is -2.41. The van der Waals surface area contributed by atoms with Gasteiger partial charge in [-0.1, -0.05) is 6.42 Å². The van der Waals surface area contributed by atoms with E-state index in [0.717, 1.165) is 44.5 Å². The molecule has 2 saturated carbocycles. The van der Waals surface area contributed by atoms with Crippen molar-refractivity contribution in [3.05, 3.63) is 24.1 Å². The first-order chi connectivity index (χ1) is 12.7. The Kier molecular flexibility index (Phi) is 6.81. The van der Waals surface area contributed by atoms with Gasteiger partial charge in [0.05, 0.1) is 0 Å². The van der Waals surface area contributed by atoms with E-state index in [1.54, 1.807) is 12.3 Å². The van der Waals surface area contributed by atoms with Crippen LogP contribution in [0.5, 0.6) is 0 Å². The summed E-state index contributed by atoms with van der Waals surface area (Å²) >= 11 is 0. The molecule has 1 atom stereocenters. The second-order valence-corrected chi connectivity index (χ2v) is 8.07. The SMILES string of the molecule is CCNC(=NCC1(C2CC2)CCC1)NC1CCN(c2ncccc2F)C1.I. The number of rotatable bonds is 6. The predicted molar refractivity (Wildman–Crippen MR) is 118 cm³/mol. The van der Waals surface area contributed by atoms with Crippen molar-refractivity contribution in [2.24, 2.45) is 16.3 Å². The minimum Gasteiger partial charge on any atom is -0.357 e. The van der Waals surface area contributed by atoms with Gasteiger partial charge in [-0.05, 0) is 62.5 Å². The maximum Gasteiger partial charge on any atom is 0.191 e. The molecule has 0 aromatic carbocycles. The van der Waals surface area contributed by atoms with Gasteiger partial charge in [0.1, 0.15) is 0 Å². The van der Waals surface area contributed by atoms with Crippen molar-refractivity contribution in [3.8, 4) is 0 Å². The second kappa shape index (κ2) is 8.92. The first-order valence-electron chi connectivity index (χ1n) is 10.1. The number of halogens is 2. The molecule has 4 rings (SSSR count). The fraction of sp³-hybridized carbons (Fsp3) is 0.700. The molecule has 150 valence electrons. The van der Waals surface area contributed by atoms with Crippen LogP contribution in [0.15, 0.2) is 23.3 Å². The van der Waals surface area contributed by atoms with Gasteiger partial charge in [0.2, 0.25) is 0 Å². The Labute approximate surface area is 178 Å². The van der Waals surface area contributed by atoms with Gasteiger partial charge < -0.3 is 15.5 Å². The smallest absolute Gasteiger partial charge is 0.191 e. The first-order valence-corrected chi connectivity index (χ1v) is 10.1. The third-order valence-corrected chi connectivity index (χ3v) is 6.26. The number of aliphatic imine (C=N–C) groups is 1. The fourth-order valence-corrected chi connectivity index (χ4v) is 4.45. The van der Waals surface area contributed by atoms with Gasteiger partial charge in [0, 0.05) is 38.4 Å². The average molecular weight is 487 g/mol. The Balaban J connectivity index is 0.00000210. The molecule has 0 amide bonds. The van der Waals surface area contributed by atoms with E-state index in [1.165, 1.54) is 38.2 Å². The van der Waals surface area contributed by atoms with E-state index < -0.39 is 0 Å². The van der Waals surface area contributed by atoms with Crippen molar-refractivity contribution in [2.45, 2.75) is 51.5 Å². The highest BCUT2D eigenvalue weighted by Gasteiger charge is 2.48. The van der Waals surface area contributed by atoms with Crippen molar-refractivity contribution >= 4 is 35.8 Å². The third-order valence-electron chi connectivity index (χ3n) is 6.26. The summed E-state index contributed by atoms with van der Waals surface area (Å²) in [6, 6.07) is 3.38. The van der Waals surface area contributed by atoms with E-state index in [4.69, 9.17) is 4.99 Å². The Morgan fingerprint density at radius 1 is 1.37 bits per heavy atom. The molecule has 1 unspecified atom stereocenters. The molecule has 0 radical (unpaired) electrons. The van der Waals surface area contributed by atoms with Crippen LogP contribution in [0.3, 0.4) is 0 Å². The molecule has 3 fully saturated rings.